The number of nitrogens with zero attached hydrogens (tertiary/aromatic N) is 3. The number of methoxy groups -OCH3 is 1. The van der Waals surface area contributed by atoms with Gasteiger partial charge >= 0.3 is 6.09 Å². The number of hydrogen-bond acceptors (Lipinski definition) is 9. The summed E-state index contributed by atoms with van der Waals surface area (Å²) in [7, 11) is 1.40. The Kier molecular flexibility index (Phi) is 14.8. The SMILES string of the molecule is C=CNC(=N[C@@H](C)CN1CCN(c2sc(NC(=O)OC)c(CC)c2C)CC1)c1scc(-c2ccccc2)c1C.C=O.C=O. The van der Waals surface area contributed by atoms with Crippen molar-refractivity contribution >= 4 is 58.2 Å². The summed E-state index contributed by atoms with van der Waals surface area (Å²) < 4.78 is 4.81. The van der Waals surface area contributed by atoms with Crippen molar-refractivity contribution < 1.29 is 19.1 Å². The van der Waals surface area contributed by atoms with Crippen molar-refractivity contribution in [1.29, 1.82) is 0 Å². The molecule has 1 aliphatic heterocycles. The smallest absolute Gasteiger partial charge is 0.411 e. The van der Waals surface area contributed by atoms with Gasteiger partial charge in [0.15, 0.2) is 0 Å². The Morgan fingerprint density at radius 2 is 1.74 bits per heavy atom. The topological polar surface area (TPSA) is 103 Å². The third-order valence-corrected chi connectivity index (χ3v) is 9.51. The number of benzene rings is 1. The molecular weight excluding hydrogens is 583 g/mol. The maximum atomic E-state index is 11.8. The minimum Gasteiger partial charge on any atom is -0.453 e. The Balaban J connectivity index is 0.00000155. The van der Waals surface area contributed by atoms with E-state index in [2.05, 4.69) is 84.4 Å². The molecule has 0 bridgehead atoms. The van der Waals surface area contributed by atoms with E-state index in [0.29, 0.717) is 0 Å². The largest absolute Gasteiger partial charge is 0.453 e. The van der Waals surface area contributed by atoms with Gasteiger partial charge in [0.2, 0.25) is 0 Å². The van der Waals surface area contributed by atoms with Crippen LogP contribution in [0.4, 0.5) is 14.8 Å². The molecule has 1 aromatic carbocycles. The van der Waals surface area contributed by atoms with Gasteiger partial charge in [-0.05, 0) is 66.6 Å². The Bertz CT molecular complexity index is 1350. The predicted octanol–water partition coefficient (Wildman–Crippen LogP) is 6.15. The number of aliphatic imine (C=N–C) groups is 1. The summed E-state index contributed by atoms with van der Waals surface area (Å²) in [5.41, 5.74) is 6.15. The third kappa shape index (κ3) is 9.09. The molecule has 0 spiro atoms. The maximum absolute atomic E-state index is 11.8. The number of carbonyl (C=O) groups is 3. The van der Waals surface area contributed by atoms with Crippen LogP contribution in [-0.4, -0.2) is 76.3 Å². The van der Waals surface area contributed by atoms with E-state index in [1.807, 2.05) is 19.6 Å². The van der Waals surface area contributed by atoms with E-state index in [9.17, 15) is 4.79 Å². The van der Waals surface area contributed by atoms with Crippen LogP contribution in [0.2, 0.25) is 0 Å². The van der Waals surface area contributed by atoms with E-state index in [1.165, 1.54) is 39.9 Å². The van der Waals surface area contributed by atoms with Gasteiger partial charge in [-0.25, -0.2) is 4.79 Å². The number of piperazine rings is 1. The first-order chi connectivity index (χ1) is 20.9. The van der Waals surface area contributed by atoms with Crippen LogP contribution < -0.4 is 15.5 Å². The van der Waals surface area contributed by atoms with Crippen LogP contribution in [0.1, 0.15) is 35.4 Å². The summed E-state index contributed by atoms with van der Waals surface area (Å²) >= 11 is 3.37. The van der Waals surface area contributed by atoms with E-state index in [-0.39, 0.29) is 6.04 Å². The van der Waals surface area contributed by atoms with Crippen molar-refractivity contribution in [2.24, 2.45) is 4.99 Å². The minimum atomic E-state index is -0.420. The molecule has 0 saturated carbocycles. The van der Waals surface area contributed by atoms with Crippen LogP contribution in [0.25, 0.3) is 11.1 Å². The van der Waals surface area contributed by atoms with Crippen molar-refractivity contribution in [3.8, 4) is 11.1 Å². The van der Waals surface area contributed by atoms with E-state index < -0.39 is 6.09 Å². The van der Waals surface area contributed by atoms with Crippen LogP contribution in [-0.2, 0) is 20.7 Å². The zero-order valence-corrected chi connectivity index (χ0v) is 27.4. The van der Waals surface area contributed by atoms with Gasteiger partial charge in [-0.15, -0.1) is 22.7 Å². The van der Waals surface area contributed by atoms with Crippen LogP contribution in [0, 0.1) is 13.8 Å². The van der Waals surface area contributed by atoms with Crippen molar-refractivity contribution in [3.63, 3.8) is 0 Å². The number of amides is 1. The molecule has 1 fully saturated rings. The lowest BCUT2D eigenvalue weighted by atomic mass is 10.0. The Morgan fingerprint density at radius 3 is 2.33 bits per heavy atom. The summed E-state index contributed by atoms with van der Waals surface area (Å²) in [6.45, 7) is 21.2. The number of carbonyl (C=O) groups excluding carboxylic acids is 3. The van der Waals surface area contributed by atoms with Gasteiger partial charge in [-0.3, -0.25) is 15.2 Å². The van der Waals surface area contributed by atoms with Crippen molar-refractivity contribution in [3.05, 3.63) is 70.1 Å². The maximum Gasteiger partial charge on any atom is 0.411 e. The second kappa shape index (κ2) is 18.0. The highest BCUT2D eigenvalue weighted by molar-refractivity contribution is 7.20. The number of amidine groups is 1. The Morgan fingerprint density at radius 1 is 1.09 bits per heavy atom. The number of anilines is 2. The van der Waals surface area contributed by atoms with Gasteiger partial charge in [-0.2, -0.15) is 0 Å². The van der Waals surface area contributed by atoms with Crippen LogP contribution in [0.5, 0.6) is 0 Å². The summed E-state index contributed by atoms with van der Waals surface area (Å²) in [6, 6.07) is 10.6. The van der Waals surface area contributed by atoms with Crippen LogP contribution in [0.15, 0.2) is 53.5 Å². The standard InChI is InChI=1S/C30H39N5O2S2.2CH2O/c1-7-24-22(5)29(39-28(24)33-30(36)37-6)35-16-14-34(15-17-35)18-20(3)32-27(31-8-2)26-21(4)25(19-38-26)23-12-10-9-11-13-23;2*1-2/h8-13,19-20H,2,7,14-18H2,1,3-6H3,(H,31,32)(H,33,36);2*1H2/t20-;;/m0../s1. The van der Waals surface area contributed by atoms with Gasteiger partial charge in [0.1, 0.15) is 24.4 Å². The molecule has 9 nitrogen and oxygen atoms in total. The molecule has 2 aromatic heterocycles. The third-order valence-electron chi connectivity index (χ3n) is 7.11. The molecule has 43 heavy (non-hydrogen) atoms. The molecule has 11 heteroatoms. The minimum absolute atomic E-state index is 0.131. The number of ether oxygens (including phenoxy) is 1. The highest BCUT2D eigenvalue weighted by Crippen LogP contribution is 2.40. The molecule has 3 heterocycles. The molecular formula is C32H43N5O4S2. The first-order valence-electron chi connectivity index (χ1n) is 14.0. The summed E-state index contributed by atoms with van der Waals surface area (Å²) in [5.74, 6) is 0.882. The molecule has 0 unspecified atom stereocenters. The molecule has 0 aliphatic carbocycles. The van der Waals surface area contributed by atoms with Crippen molar-refractivity contribution in [1.82, 2.24) is 10.2 Å². The van der Waals surface area contributed by atoms with Crippen LogP contribution >= 0.6 is 22.7 Å². The first-order valence-corrected chi connectivity index (χ1v) is 15.7. The van der Waals surface area contributed by atoms with E-state index >= 15 is 0 Å². The van der Waals surface area contributed by atoms with Gasteiger partial charge in [0.05, 0.1) is 23.0 Å². The summed E-state index contributed by atoms with van der Waals surface area (Å²) in [5, 5.41) is 10.5. The number of rotatable bonds is 9. The average molecular weight is 626 g/mol. The number of nitrogens with one attached hydrogen (secondary N) is 2. The number of thiophene rings is 2. The molecule has 1 aliphatic rings. The summed E-state index contributed by atoms with van der Waals surface area (Å²) in [6.07, 6.45) is 2.16. The van der Waals surface area contributed by atoms with Crippen molar-refractivity contribution in [2.45, 2.75) is 40.2 Å². The molecule has 1 saturated heterocycles. The molecule has 2 N–H and O–H groups in total. The molecule has 1 amide bonds. The zero-order chi connectivity index (χ0) is 31.9. The average Bonchev–Trinajstić information content (AvgIpc) is 3.58. The normalized spacial score (nSPS) is 14.0. The number of hydrogen-bond donors (Lipinski definition) is 2. The summed E-state index contributed by atoms with van der Waals surface area (Å²) in [4.78, 5) is 39.0. The molecule has 232 valence electrons. The van der Waals surface area contributed by atoms with E-state index in [1.54, 1.807) is 28.9 Å². The van der Waals surface area contributed by atoms with Crippen molar-refractivity contribution in [2.75, 3.05) is 50.1 Å². The second-order valence-electron chi connectivity index (χ2n) is 9.74. The fourth-order valence-electron chi connectivity index (χ4n) is 5.09. The molecule has 1 atom stereocenters. The fraction of sp³-hybridized carbons (Fsp3) is 0.375. The zero-order valence-electron chi connectivity index (χ0n) is 25.8. The monoisotopic (exact) mass is 625 g/mol. The van der Waals surface area contributed by atoms with E-state index in [0.717, 1.165) is 54.9 Å². The Hall–Kier alpha value is -3.80. The van der Waals surface area contributed by atoms with Gasteiger partial charge in [-0.1, -0.05) is 43.8 Å². The first kappa shape index (κ1) is 35.4. The molecule has 0 radical (unpaired) electrons. The highest BCUT2D eigenvalue weighted by Gasteiger charge is 2.24. The van der Waals surface area contributed by atoms with Gasteiger partial charge in [0, 0.05) is 32.7 Å². The second-order valence-corrected chi connectivity index (χ2v) is 11.6. The predicted molar refractivity (Wildman–Crippen MR) is 181 cm³/mol. The lowest BCUT2D eigenvalue weighted by Gasteiger charge is -2.36. The van der Waals surface area contributed by atoms with Gasteiger partial charge in [0.25, 0.3) is 0 Å². The van der Waals surface area contributed by atoms with E-state index in [4.69, 9.17) is 19.3 Å². The highest BCUT2D eigenvalue weighted by atomic mass is 32.1. The van der Waals surface area contributed by atoms with Gasteiger partial charge < -0.3 is 24.5 Å². The molecule has 4 rings (SSSR count). The molecule has 3 aromatic rings. The lowest BCUT2D eigenvalue weighted by molar-refractivity contribution is -0.0987. The quantitative estimate of drug-likeness (QED) is 0.217. The van der Waals surface area contributed by atoms with Crippen LogP contribution in [0.3, 0.4) is 0 Å². The fourth-order valence-corrected chi connectivity index (χ4v) is 7.48. The lowest BCUT2D eigenvalue weighted by Crippen LogP contribution is -2.48. The Labute approximate surface area is 263 Å².